The van der Waals surface area contributed by atoms with Gasteiger partial charge in [-0.3, -0.25) is 4.79 Å². The molecule has 94 valence electrons. The maximum absolute atomic E-state index is 11.8. The quantitative estimate of drug-likeness (QED) is 0.738. The van der Waals surface area contributed by atoms with E-state index >= 15 is 0 Å². The molecule has 1 amide bonds. The summed E-state index contributed by atoms with van der Waals surface area (Å²) in [5.74, 6) is 1.02. The summed E-state index contributed by atoms with van der Waals surface area (Å²) in [6, 6.07) is 0. The lowest BCUT2D eigenvalue weighted by atomic mass is 9.97. The third kappa shape index (κ3) is 4.49. The Bertz CT molecular complexity index is 210. The Balaban J connectivity index is 2.23. The van der Waals surface area contributed by atoms with E-state index in [0.717, 1.165) is 44.9 Å². The van der Waals surface area contributed by atoms with Crippen LogP contribution < -0.4 is 5.32 Å². The van der Waals surface area contributed by atoms with E-state index in [1.165, 1.54) is 0 Å². The number of hydrogen-bond acceptors (Lipinski definition) is 3. The molecule has 0 spiro atoms. The van der Waals surface area contributed by atoms with Crippen LogP contribution in [0.2, 0.25) is 0 Å². The summed E-state index contributed by atoms with van der Waals surface area (Å²) in [6.45, 7) is 6.69. The molecule has 4 nitrogen and oxygen atoms in total. The van der Waals surface area contributed by atoms with Gasteiger partial charge in [0, 0.05) is 13.1 Å². The van der Waals surface area contributed by atoms with Crippen molar-refractivity contribution < 1.29 is 4.79 Å². The fraction of sp³-hybridized carbons (Fsp3) is 0.917. The molecule has 0 unspecified atom stereocenters. The lowest BCUT2D eigenvalue weighted by Gasteiger charge is -2.32. The molecule has 0 aromatic heterocycles. The SMILES string of the molecule is CCNCC1CCN(C(=O)CN(C)C)CC1. The Kier molecular flexibility index (Phi) is 5.77. The summed E-state index contributed by atoms with van der Waals surface area (Å²) in [5, 5.41) is 3.38. The molecule has 1 aliphatic heterocycles. The predicted octanol–water partition coefficient (Wildman–Crippen LogP) is 0.396. The summed E-state index contributed by atoms with van der Waals surface area (Å²) in [4.78, 5) is 15.7. The first kappa shape index (κ1) is 13.5. The monoisotopic (exact) mass is 227 g/mol. The van der Waals surface area contributed by atoms with Gasteiger partial charge in [-0.2, -0.15) is 0 Å². The molecule has 0 aliphatic carbocycles. The van der Waals surface area contributed by atoms with Gasteiger partial charge in [-0.25, -0.2) is 0 Å². The number of nitrogens with one attached hydrogen (secondary N) is 1. The third-order valence-electron chi connectivity index (χ3n) is 3.10. The Morgan fingerprint density at radius 3 is 2.50 bits per heavy atom. The van der Waals surface area contributed by atoms with Crippen LogP contribution >= 0.6 is 0 Å². The molecule has 1 heterocycles. The molecule has 16 heavy (non-hydrogen) atoms. The van der Waals surface area contributed by atoms with Crippen LogP contribution in [-0.4, -0.2) is 62.5 Å². The molecular weight excluding hydrogens is 202 g/mol. The number of piperidine rings is 1. The standard InChI is InChI=1S/C12H25N3O/c1-4-13-9-11-5-7-15(8-6-11)12(16)10-14(2)3/h11,13H,4-10H2,1-3H3. The second-order valence-electron chi connectivity index (χ2n) is 4.87. The van der Waals surface area contributed by atoms with Crippen molar-refractivity contribution in [1.82, 2.24) is 15.1 Å². The van der Waals surface area contributed by atoms with Crippen LogP contribution in [0.4, 0.5) is 0 Å². The summed E-state index contributed by atoms with van der Waals surface area (Å²) in [5.41, 5.74) is 0. The Morgan fingerprint density at radius 1 is 1.38 bits per heavy atom. The van der Waals surface area contributed by atoms with Crippen LogP contribution in [0.3, 0.4) is 0 Å². The Labute approximate surface area is 99.0 Å². The highest BCUT2D eigenvalue weighted by molar-refractivity contribution is 5.78. The summed E-state index contributed by atoms with van der Waals surface area (Å²) in [6.07, 6.45) is 2.29. The van der Waals surface area contributed by atoms with Crippen molar-refractivity contribution in [1.29, 1.82) is 0 Å². The highest BCUT2D eigenvalue weighted by Gasteiger charge is 2.22. The van der Waals surface area contributed by atoms with Gasteiger partial charge in [0.2, 0.25) is 5.91 Å². The topological polar surface area (TPSA) is 35.6 Å². The van der Waals surface area contributed by atoms with Crippen molar-refractivity contribution >= 4 is 5.91 Å². The molecule has 1 rings (SSSR count). The zero-order valence-corrected chi connectivity index (χ0v) is 10.8. The molecule has 0 bridgehead atoms. The first-order valence-electron chi connectivity index (χ1n) is 6.26. The minimum Gasteiger partial charge on any atom is -0.342 e. The average molecular weight is 227 g/mol. The fourth-order valence-corrected chi connectivity index (χ4v) is 2.11. The van der Waals surface area contributed by atoms with Crippen molar-refractivity contribution in [2.24, 2.45) is 5.92 Å². The van der Waals surface area contributed by atoms with E-state index in [1.807, 2.05) is 23.9 Å². The molecule has 0 aromatic rings. The summed E-state index contributed by atoms with van der Waals surface area (Å²) < 4.78 is 0. The number of carbonyl (C=O) groups excluding carboxylic acids is 1. The molecule has 1 fully saturated rings. The van der Waals surface area contributed by atoms with E-state index in [4.69, 9.17) is 0 Å². The lowest BCUT2D eigenvalue weighted by molar-refractivity contribution is -0.133. The number of nitrogens with zero attached hydrogens (tertiary/aromatic N) is 2. The van der Waals surface area contributed by atoms with Gasteiger partial charge in [0.15, 0.2) is 0 Å². The number of carbonyl (C=O) groups is 1. The predicted molar refractivity (Wildman–Crippen MR) is 66.4 cm³/mol. The number of likely N-dealkylation sites (tertiary alicyclic amines) is 1. The first-order chi connectivity index (χ1) is 7.63. The third-order valence-corrected chi connectivity index (χ3v) is 3.10. The van der Waals surface area contributed by atoms with E-state index in [9.17, 15) is 4.79 Å². The number of amides is 1. The first-order valence-corrected chi connectivity index (χ1v) is 6.26. The molecule has 1 N–H and O–H groups in total. The van der Waals surface area contributed by atoms with Gasteiger partial charge in [0.05, 0.1) is 6.54 Å². The highest BCUT2D eigenvalue weighted by Crippen LogP contribution is 2.16. The number of rotatable bonds is 5. The smallest absolute Gasteiger partial charge is 0.236 e. The lowest BCUT2D eigenvalue weighted by Crippen LogP contribution is -2.44. The van der Waals surface area contributed by atoms with Crippen molar-refractivity contribution in [2.75, 3.05) is 46.8 Å². The summed E-state index contributed by atoms with van der Waals surface area (Å²) >= 11 is 0. The van der Waals surface area contributed by atoms with Crippen LogP contribution in [0.15, 0.2) is 0 Å². The average Bonchev–Trinajstić information content (AvgIpc) is 2.26. The number of likely N-dealkylation sites (N-methyl/N-ethyl adjacent to an activating group) is 1. The van der Waals surface area contributed by atoms with Crippen molar-refractivity contribution in [3.8, 4) is 0 Å². The van der Waals surface area contributed by atoms with E-state index < -0.39 is 0 Å². The van der Waals surface area contributed by atoms with Gasteiger partial charge < -0.3 is 15.1 Å². The van der Waals surface area contributed by atoms with Gasteiger partial charge in [0.1, 0.15) is 0 Å². The fourth-order valence-electron chi connectivity index (χ4n) is 2.11. The van der Waals surface area contributed by atoms with E-state index in [0.29, 0.717) is 6.54 Å². The van der Waals surface area contributed by atoms with Crippen molar-refractivity contribution in [3.05, 3.63) is 0 Å². The molecular formula is C12H25N3O. The second-order valence-corrected chi connectivity index (χ2v) is 4.87. The van der Waals surface area contributed by atoms with E-state index in [2.05, 4.69) is 12.2 Å². The molecule has 1 aliphatic rings. The Morgan fingerprint density at radius 2 is 2.00 bits per heavy atom. The van der Waals surface area contributed by atoms with Crippen LogP contribution in [-0.2, 0) is 4.79 Å². The van der Waals surface area contributed by atoms with Crippen molar-refractivity contribution in [3.63, 3.8) is 0 Å². The summed E-state index contributed by atoms with van der Waals surface area (Å²) in [7, 11) is 3.88. The number of hydrogen-bond donors (Lipinski definition) is 1. The molecule has 0 atom stereocenters. The molecule has 1 saturated heterocycles. The van der Waals surface area contributed by atoms with Gasteiger partial charge in [-0.1, -0.05) is 6.92 Å². The van der Waals surface area contributed by atoms with Gasteiger partial charge in [0.25, 0.3) is 0 Å². The minimum atomic E-state index is 0.270. The van der Waals surface area contributed by atoms with Crippen LogP contribution in [0.1, 0.15) is 19.8 Å². The normalized spacial score (nSPS) is 18.1. The maximum Gasteiger partial charge on any atom is 0.236 e. The largest absolute Gasteiger partial charge is 0.342 e. The molecule has 0 saturated carbocycles. The minimum absolute atomic E-state index is 0.270. The molecule has 4 heteroatoms. The second kappa shape index (κ2) is 6.86. The highest BCUT2D eigenvalue weighted by atomic mass is 16.2. The maximum atomic E-state index is 11.8. The zero-order chi connectivity index (χ0) is 12.0. The van der Waals surface area contributed by atoms with Crippen LogP contribution in [0.5, 0.6) is 0 Å². The van der Waals surface area contributed by atoms with Gasteiger partial charge in [-0.15, -0.1) is 0 Å². The molecule has 0 aromatic carbocycles. The van der Waals surface area contributed by atoms with E-state index in [-0.39, 0.29) is 5.91 Å². The van der Waals surface area contributed by atoms with Gasteiger partial charge >= 0.3 is 0 Å². The van der Waals surface area contributed by atoms with Gasteiger partial charge in [-0.05, 0) is 45.9 Å². The van der Waals surface area contributed by atoms with Crippen molar-refractivity contribution in [2.45, 2.75) is 19.8 Å². The van der Waals surface area contributed by atoms with Crippen LogP contribution in [0, 0.1) is 5.92 Å². The van der Waals surface area contributed by atoms with Crippen LogP contribution in [0.25, 0.3) is 0 Å². The molecule has 0 radical (unpaired) electrons. The Hall–Kier alpha value is -0.610. The zero-order valence-electron chi connectivity index (χ0n) is 10.8. The van der Waals surface area contributed by atoms with E-state index in [1.54, 1.807) is 0 Å².